The normalized spacial score (nSPS) is 12.3. The van der Waals surface area contributed by atoms with Crippen LogP contribution in [0.1, 0.15) is 25.8 Å². The molecule has 1 aromatic carbocycles. The van der Waals surface area contributed by atoms with Crippen molar-refractivity contribution in [1.82, 2.24) is 9.13 Å². The van der Waals surface area contributed by atoms with Crippen molar-refractivity contribution >= 4 is 34.9 Å². The Morgan fingerprint density at radius 3 is 2.36 bits per heavy atom. The highest BCUT2D eigenvalue weighted by Crippen LogP contribution is 2.14. The maximum atomic E-state index is 11.9. The van der Waals surface area contributed by atoms with E-state index in [1.165, 1.54) is 10.9 Å². The highest BCUT2D eigenvalue weighted by molar-refractivity contribution is 5.84. The average molecular weight is 518 g/mol. The number of carbonyl (C=O) groups is 3. The van der Waals surface area contributed by atoms with E-state index in [9.17, 15) is 24.6 Å². The van der Waals surface area contributed by atoms with Gasteiger partial charge in [0, 0.05) is 25.4 Å². The summed E-state index contributed by atoms with van der Waals surface area (Å²) in [7, 11) is 0. The van der Waals surface area contributed by atoms with Crippen molar-refractivity contribution in [1.29, 1.82) is 0 Å². The summed E-state index contributed by atoms with van der Waals surface area (Å²) in [6, 6.07) is 8.72. The monoisotopic (exact) mass is 517 g/mol. The second kappa shape index (κ2) is 12.9. The first-order valence-electron chi connectivity index (χ1n) is 10.6. The number of carboxylic acid groups (broad SMARTS) is 3. The third kappa shape index (κ3) is 7.06. The van der Waals surface area contributed by atoms with Crippen LogP contribution in [0.15, 0.2) is 75.6 Å². The quantitative estimate of drug-likeness (QED) is 0.109. The molecule has 14 heteroatoms. The Kier molecular flexibility index (Phi) is 9.98. The lowest BCUT2D eigenvalue weighted by molar-refractivity contribution is -0.683. The Hall–Kier alpha value is -4.39. The molecule has 0 fully saturated rings. The zero-order valence-electron chi connectivity index (χ0n) is 19.2. The van der Waals surface area contributed by atoms with Gasteiger partial charge in [-0.3, -0.25) is 4.79 Å². The fourth-order valence-electron chi connectivity index (χ4n) is 3.19. The number of carboxylic acids is 2. The average Bonchev–Trinajstić information content (AvgIpc) is 3.22. The molecule has 2 aromatic heterocycles. The summed E-state index contributed by atoms with van der Waals surface area (Å²) < 4.78 is 4.00. The van der Waals surface area contributed by atoms with Crippen molar-refractivity contribution in [3.05, 3.63) is 60.5 Å². The molecule has 0 aliphatic rings. The molecule has 3 rings (SSSR count). The minimum absolute atomic E-state index is 0. The Bertz CT molecular complexity index is 1360. The summed E-state index contributed by atoms with van der Waals surface area (Å²) in [5, 5.41) is 44.6. The molecule has 0 aliphatic carbocycles. The summed E-state index contributed by atoms with van der Waals surface area (Å²) in [5.41, 5.74) is 0.784. The molecule has 0 saturated carbocycles. The van der Waals surface area contributed by atoms with Gasteiger partial charge in [-0.2, -0.15) is 9.91 Å². The molecule has 1 unspecified atom stereocenters. The number of hydrogen-bond acceptors (Lipinski definition) is 6. The van der Waals surface area contributed by atoms with Gasteiger partial charge < -0.3 is 32.3 Å². The van der Waals surface area contributed by atoms with Gasteiger partial charge in [-0.15, -0.1) is 19.9 Å². The standard InChI is InChI=1S/C22H23N7O6.ClH/c1-2-19(26-24-15-7-10-27(11-8-15)12-9-20(30)31)25-23-13-18(21(32)33)28-14-29(22(34)35)17-6-4-3-5-16(17)28;/h3-8,10-11,14,18H,2,9,12-13H2,1H3,(H2-,30,31,32,33,34,35);1H. The zero-order valence-corrected chi connectivity index (χ0v) is 19.9. The molecule has 3 aromatic rings. The third-order valence-corrected chi connectivity index (χ3v) is 4.98. The topological polar surface area (TPSA) is 175 Å². The number of imidazole rings is 1. The molecule has 0 bridgehead atoms. The van der Waals surface area contributed by atoms with Crippen molar-refractivity contribution in [2.24, 2.45) is 20.4 Å². The number of nitrogens with zero attached hydrogens (tertiary/aromatic N) is 7. The number of azo groups is 1. The fourth-order valence-corrected chi connectivity index (χ4v) is 3.19. The number of hydrogen-bond donors (Lipinski definition) is 3. The number of halogens is 1. The first kappa shape index (κ1) is 27.9. The highest BCUT2D eigenvalue weighted by Gasteiger charge is 2.30. The van der Waals surface area contributed by atoms with Crippen LogP contribution in [0, 0.1) is 0 Å². The highest BCUT2D eigenvalue weighted by atomic mass is 35.5. The number of para-hydroxylation sites is 2. The van der Waals surface area contributed by atoms with Crippen molar-refractivity contribution < 1.29 is 46.7 Å². The van der Waals surface area contributed by atoms with Gasteiger partial charge in [0.15, 0.2) is 16.9 Å². The second-order valence-electron chi connectivity index (χ2n) is 7.35. The predicted octanol–water partition coefficient (Wildman–Crippen LogP) is -0.863. The maximum Gasteiger partial charge on any atom is 0.509 e. The number of rotatable bonds is 9. The van der Waals surface area contributed by atoms with E-state index < -0.39 is 24.1 Å². The van der Waals surface area contributed by atoms with Crippen LogP contribution in [0.25, 0.3) is 11.0 Å². The van der Waals surface area contributed by atoms with Gasteiger partial charge in [-0.1, -0.05) is 19.1 Å². The largest absolute Gasteiger partial charge is 1.00 e. The number of pyridine rings is 1. The lowest BCUT2D eigenvalue weighted by Gasteiger charge is -2.06. The van der Waals surface area contributed by atoms with Crippen molar-refractivity contribution in [2.75, 3.05) is 6.54 Å². The number of benzene rings is 1. The molecule has 13 nitrogen and oxygen atoms in total. The van der Waals surface area contributed by atoms with Gasteiger partial charge in [0.25, 0.3) is 6.33 Å². The number of aliphatic carboxylic acids is 2. The smallest absolute Gasteiger partial charge is 0.509 e. The molecular weight excluding hydrogens is 494 g/mol. The van der Waals surface area contributed by atoms with Crippen molar-refractivity contribution in [2.45, 2.75) is 32.4 Å². The number of fused-ring (bicyclic) bond motifs is 1. The van der Waals surface area contributed by atoms with Gasteiger partial charge in [0.2, 0.25) is 6.04 Å². The van der Waals surface area contributed by atoms with Gasteiger partial charge in [0.05, 0.1) is 11.8 Å². The lowest BCUT2D eigenvalue weighted by Crippen LogP contribution is -3.00. The Morgan fingerprint density at radius 1 is 1.06 bits per heavy atom. The second-order valence-corrected chi connectivity index (χ2v) is 7.35. The predicted molar refractivity (Wildman–Crippen MR) is 122 cm³/mol. The molecule has 0 aliphatic heterocycles. The SMILES string of the molecule is CCC(N=NCC(C(=O)O)[n+]1cn(C(=O)O)c2ccccc21)=NN=c1ccn(CCC(=O)O)cc1.[Cl-]. The molecule has 1 atom stereocenters. The van der Waals surface area contributed by atoms with Gasteiger partial charge >= 0.3 is 18.0 Å². The first-order chi connectivity index (χ1) is 16.8. The summed E-state index contributed by atoms with van der Waals surface area (Å²) in [6.07, 6.45) is 3.75. The zero-order chi connectivity index (χ0) is 25.4. The van der Waals surface area contributed by atoms with Gasteiger partial charge in [0.1, 0.15) is 6.54 Å². The van der Waals surface area contributed by atoms with Crippen LogP contribution in [0.3, 0.4) is 0 Å². The van der Waals surface area contributed by atoms with Crippen LogP contribution >= 0.6 is 0 Å². The minimum atomic E-state index is -1.24. The summed E-state index contributed by atoms with van der Waals surface area (Å²) in [6.45, 7) is 1.88. The molecule has 0 spiro atoms. The molecule has 3 N–H and O–H groups in total. The molecule has 0 saturated heterocycles. The third-order valence-electron chi connectivity index (χ3n) is 4.98. The lowest BCUT2D eigenvalue weighted by atomic mass is 10.2. The van der Waals surface area contributed by atoms with E-state index in [0.717, 1.165) is 4.57 Å². The molecule has 36 heavy (non-hydrogen) atoms. The van der Waals surface area contributed by atoms with Crippen LogP contribution < -0.4 is 22.3 Å². The number of amidine groups is 1. The van der Waals surface area contributed by atoms with Crippen LogP contribution in [0.4, 0.5) is 4.79 Å². The first-order valence-corrected chi connectivity index (χ1v) is 10.6. The van der Waals surface area contributed by atoms with Gasteiger partial charge in [-0.25, -0.2) is 9.36 Å². The Labute approximate surface area is 210 Å². The Balaban J connectivity index is 0.00000456. The van der Waals surface area contributed by atoms with E-state index in [4.69, 9.17) is 5.11 Å². The summed E-state index contributed by atoms with van der Waals surface area (Å²) in [5.74, 6) is -1.80. The van der Waals surface area contributed by atoms with E-state index in [1.807, 2.05) is 0 Å². The van der Waals surface area contributed by atoms with E-state index >= 15 is 0 Å². The minimum Gasteiger partial charge on any atom is -1.00 e. The molecule has 2 heterocycles. The van der Waals surface area contributed by atoms with Crippen LogP contribution in [-0.2, 0) is 16.1 Å². The molecule has 0 amide bonds. The number of aromatic nitrogens is 3. The molecule has 190 valence electrons. The van der Waals surface area contributed by atoms with Crippen molar-refractivity contribution in [3.8, 4) is 0 Å². The molecule has 0 radical (unpaired) electrons. The van der Waals surface area contributed by atoms with E-state index in [0.29, 0.717) is 29.4 Å². The van der Waals surface area contributed by atoms with Gasteiger partial charge in [-0.05, 0) is 24.3 Å². The van der Waals surface area contributed by atoms with Crippen molar-refractivity contribution in [3.63, 3.8) is 0 Å². The van der Waals surface area contributed by atoms with Crippen LogP contribution in [0.2, 0.25) is 0 Å². The molecular formula is C22H24ClN7O6. The van der Waals surface area contributed by atoms with E-state index in [1.54, 1.807) is 60.3 Å². The van der Waals surface area contributed by atoms with Crippen LogP contribution in [-0.4, -0.2) is 54.9 Å². The van der Waals surface area contributed by atoms with E-state index in [2.05, 4.69) is 20.4 Å². The van der Waals surface area contributed by atoms with Crippen LogP contribution in [0.5, 0.6) is 0 Å². The summed E-state index contributed by atoms with van der Waals surface area (Å²) in [4.78, 5) is 34.1. The number of aryl methyl sites for hydroxylation is 1. The van der Waals surface area contributed by atoms with E-state index in [-0.39, 0.29) is 31.2 Å². The summed E-state index contributed by atoms with van der Waals surface area (Å²) >= 11 is 0. The maximum absolute atomic E-state index is 11.9. The fraction of sp³-hybridized carbons (Fsp3) is 0.273. The Morgan fingerprint density at radius 2 is 1.75 bits per heavy atom.